The average Bonchev–Trinajstić information content (AvgIpc) is 3.41. The molecule has 10 heteroatoms. The van der Waals surface area contributed by atoms with Crippen LogP contribution in [0.5, 0.6) is 0 Å². The quantitative estimate of drug-likeness (QED) is 0.552. The minimum absolute atomic E-state index is 0.107. The van der Waals surface area contributed by atoms with Crippen LogP contribution in [0.15, 0.2) is 51.4 Å². The van der Waals surface area contributed by atoms with Crippen molar-refractivity contribution >= 4 is 50.3 Å². The van der Waals surface area contributed by atoms with Crippen molar-refractivity contribution in [2.75, 3.05) is 49.2 Å². The van der Waals surface area contributed by atoms with Gasteiger partial charge in [0, 0.05) is 22.9 Å². The van der Waals surface area contributed by atoms with Crippen molar-refractivity contribution in [1.82, 2.24) is 5.32 Å². The first-order valence-corrected chi connectivity index (χ1v) is 11.3. The Balaban J connectivity index is 1.21. The number of hydrogen-bond acceptors (Lipinski definition) is 6. The predicted molar refractivity (Wildman–Crippen MR) is 123 cm³/mol. The van der Waals surface area contributed by atoms with Gasteiger partial charge >= 0.3 is 6.09 Å². The molecular weight excluding hydrogens is 497 g/mol. The molecule has 2 aromatic carbocycles. The molecule has 0 unspecified atom stereocenters. The number of amides is 2. The maximum Gasteiger partial charge on any atom is 0.414 e. The molecule has 2 aliphatic rings. The molecule has 0 spiro atoms. The summed E-state index contributed by atoms with van der Waals surface area (Å²) in [6, 6.07) is 11.8. The molecule has 0 radical (unpaired) electrons. The molecule has 33 heavy (non-hydrogen) atoms. The standard InChI is InChI=1S/C23H21BrFN3O5/c24-15-1-4-20-14(9-15)10-21(33-20)22(29)26-12-17-13-28(23(30)32-17)16-2-3-19(18(25)11-16)27-5-7-31-8-6-27/h1-4,9-11,17H,5-8,12-13H2,(H,26,29)/t17-/m0/s1. The number of halogens is 2. The van der Waals surface area contributed by atoms with Gasteiger partial charge in [-0.05, 0) is 42.5 Å². The lowest BCUT2D eigenvalue weighted by molar-refractivity contribution is 0.0891. The maximum absolute atomic E-state index is 14.7. The molecule has 2 aliphatic heterocycles. The highest BCUT2D eigenvalue weighted by atomic mass is 79.9. The average molecular weight is 518 g/mol. The molecule has 1 aromatic heterocycles. The molecule has 2 fully saturated rings. The molecule has 172 valence electrons. The Morgan fingerprint density at radius 1 is 1.15 bits per heavy atom. The van der Waals surface area contributed by atoms with Crippen molar-refractivity contribution in [3.8, 4) is 0 Å². The number of cyclic esters (lactones) is 1. The summed E-state index contributed by atoms with van der Waals surface area (Å²) in [6.45, 7) is 2.65. The fraction of sp³-hybridized carbons (Fsp3) is 0.304. The van der Waals surface area contributed by atoms with Crippen molar-refractivity contribution < 1.29 is 27.9 Å². The third-order valence-electron chi connectivity index (χ3n) is 5.66. The normalized spacial score (nSPS) is 18.6. The number of hydrogen-bond donors (Lipinski definition) is 1. The Kier molecular flexibility index (Phi) is 5.94. The van der Waals surface area contributed by atoms with Gasteiger partial charge in [-0.25, -0.2) is 9.18 Å². The zero-order valence-electron chi connectivity index (χ0n) is 17.6. The van der Waals surface area contributed by atoms with Crippen LogP contribution in [0.1, 0.15) is 10.6 Å². The van der Waals surface area contributed by atoms with Gasteiger partial charge in [0.25, 0.3) is 5.91 Å². The van der Waals surface area contributed by atoms with E-state index < -0.39 is 23.9 Å². The second-order valence-corrected chi connectivity index (χ2v) is 8.77. The van der Waals surface area contributed by atoms with Crippen LogP contribution in [-0.2, 0) is 9.47 Å². The molecule has 0 bridgehead atoms. The molecule has 3 heterocycles. The topological polar surface area (TPSA) is 84.2 Å². The molecule has 3 aromatic rings. The summed E-state index contributed by atoms with van der Waals surface area (Å²) in [4.78, 5) is 28.1. The van der Waals surface area contributed by atoms with Crippen LogP contribution in [-0.4, -0.2) is 57.5 Å². The second kappa shape index (κ2) is 9.03. The largest absolute Gasteiger partial charge is 0.451 e. The molecule has 0 saturated carbocycles. The van der Waals surface area contributed by atoms with E-state index in [1.807, 2.05) is 17.0 Å². The molecule has 2 saturated heterocycles. The van der Waals surface area contributed by atoms with Crippen molar-refractivity contribution in [2.45, 2.75) is 6.10 Å². The van der Waals surface area contributed by atoms with Gasteiger partial charge in [-0.1, -0.05) is 15.9 Å². The highest BCUT2D eigenvalue weighted by Gasteiger charge is 2.33. The van der Waals surface area contributed by atoms with Crippen LogP contribution >= 0.6 is 15.9 Å². The Bertz CT molecular complexity index is 1210. The Morgan fingerprint density at radius 2 is 1.97 bits per heavy atom. The van der Waals surface area contributed by atoms with E-state index in [9.17, 15) is 14.0 Å². The molecule has 8 nitrogen and oxygen atoms in total. The number of morpholine rings is 1. The van der Waals surface area contributed by atoms with Crippen LogP contribution in [0.4, 0.5) is 20.6 Å². The summed E-state index contributed by atoms with van der Waals surface area (Å²) in [5.41, 5.74) is 1.49. The lowest BCUT2D eigenvalue weighted by Crippen LogP contribution is -2.37. The summed E-state index contributed by atoms with van der Waals surface area (Å²) < 4.78 is 31.9. The number of nitrogens with zero attached hydrogens (tertiary/aromatic N) is 2. The molecule has 1 atom stereocenters. The summed E-state index contributed by atoms with van der Waals surface area (Å²) in [7, 11) is 0. The van der Waals surface area contributed by atoms with Crippen LogP contribution < -0.4 is 15.1 Å². The number of ether oxygens (including phenoxy) is 2. The van der Waals surface area contributed by atoms with Crippen LogP contribution in [0.25, 0.3) is 11.0 Å². The van der Waals surface area contributed by atoms with Crippen LogP contribution in [0, 0.1) is 5.82 Å². The predicted octanol–water partition coefficient (Wildman–Crippen LogP) is 3.93. The number of carbonyl (C=O) groups excluding carboxylic acids is 2. The van der Waals surface area contributed by atoms with Crippen LogP contribution in [0.3, 0.4) is 0 Å². The van der Waals surface area contributed by atoms with Crippen molar-refractivity contribution in [3.05, 3.63) is 58.5 Å². The minimum atomic E-state index is -0.582. The Morgan fingerprint density at radius 3 is 2.76 bits per heavy atom. The molecule has 1 N–H and O–H groups in total. The zero-order chi connectivity index (χ0) is 22.9. The Hall–Kier alpha value is -3.11. The smallest absolute Gasteiger partial charge is 0.414 e. The summed E-state index contributed by atoms with van der Waals surface area (Å²) in [5.74, 6) is -0.641. The summed E-state index contributed by atoms with van der Waals surface area (Å²) in [6.07, 6.45) is -1.15. The van der Waals surface area contributed by atoms with E-state index in [2.05, 4.69) is 21.2 Å². The Labute approximate surface area is 197 Å². The molecule has 0 aliphatic carbocycles. The fourth-order valence-electron chi connectivity index (χ4n) is 3.98. The second-order valence-electron chi connectivity index (χ2n) is 7.85. The first kappa shape index (κ1) is 21.7. The van der Waals surface area contributed by atoms with E-state index in [1.54, 1.807) is 24.3 Å². The third-order valence-corrected chi connectivity index (χ3v) is 6.15. The summed E-state index contributed by atoms with van der Waals surface area (Å²) >= 11 is 3.39. The van der Waals surface area contributed by atoms with Gasteiger partial charge in [-0.2, -0.15) is 0 Å². The van der Waals surface area contributed by atoms with Gasteiger partial charge in [0.15, 0.2) is 5.76 Å². The minimum Gasteiger partial charge on any atom is -0.451 e. The van der Waals surface area contributed by atoms with E-state index in [4.69, 9.17) is 13.9 Å². The van der Waals surface area contributed by atoms with E-state index in [-0.39, 0.29) is 18.8 Å². The highest BCUT2D eigenvalue weighted by molar-refractivity contribution is 9.10. The fourth-order valence-corrected chi connectivity index (χ4v) is 4.36. The number of nitrogens with one attached hydrogen (secondary N) is 1. The number of carbonyl (C=O) groups is 2. The van der Waals surface area contributed by atoms with Gasteiger partial charge in [0.2, 0.25) is 0 Å². The summed E-state index contributed by atoms with van der Waals surface area (Å²) in [5, 5.41) is 3.53. The van der Waals surface area contributed by atoms with Crippen molar-refractivity contribution in [2.24, 2.45) is 0 Å². The number of furan rings is 1. The lowest BCUT2D eigenvalue weighted by atomic mass is 10.2. The van der Waals surface area contributed by atoms with Gasteiger partial charge in [0.05, 0.1) is 37.7 Å². The van der Waals surface area contributed by atoms with E-state index in [1.165, 1.54) is 11.0 Å². The number of fused-ring (bicyclic) bond motifs is 1. The van der Waals surface area contributed by atoms with Gasteiger partial charge in [-0.15, -0.1) is 0 Å². The lowest BCUT2D eigenvalue weighted by Gasteiger charge is -2.29. The number of anilines is 2. The third kappa shape index (κ3) is 4.53. The van der Waals surface area contributed by atoms with E-state index in [0.717, 1.165) is 9.86 Å². The number of benzene rings is 2. The first-order chi connectivity index (χ1) is 16.0. The van der Waals surface area contributed by atoms with Gasteiger partial charge < -0.3 is 24.1 Å². The molecule has 2 amide bonds. The van der Waals surface area contributed by atoms with Crippen molar-refractivity contribution in [3.63, 3.8) is 0 Å². The zero-order valence-corrected chi connectivity index (χ0v) is 19.1. The van der Waals surface area contributed by atoms with Crippen molar-refractivity contribution in [1.29, 1.82) is 0 Å². The van der Waals surface area contributed by atoms with Gasteiger partial charge in [0.1, 0.15) is 17.5 Å². The first-order valence-electron chi connectivity index (χ1n) is 10.6. The maximum atomic E-state index is 14.7. The van der Waals surface area contributed by atoms with E-state index >= 15 is 0 Å². The van der Waals surface area contributed by atoms with Crippen LogP contribution in [0.2, 0.25) is 0 Å². The molecular formula is C23H21BrFN3O5. The number of rotatable bonds is 5. The molecule has 5 rings (SSSR count). The highest BCUT2D eigenvalue weighted by Crippen LogP contribution is 2.28. The van der Waals surface area contributed by atoms with E-state index in [0.29, 0.717) is 43.3 Å². The SMILES string of the molecule is O=C(NC[C@H]1CN(c2ccc(N3CCOCC3)c(F)c2)C(=O)O1)c1cc2cc(Br)ccc2o1. The van der Waals surface area contributed by atoms with Gasteiger partial charge in [-0.3, -0.25) is 9.69 Å². The monoisotopic (exact) mass is 517 g/mol.